The lowest BCUT2D eigenvalue weighted by Gasteiger charge is -2.30. The molecule has 2 aromatic carbocycles. The zero-order valence-corrected chi connectivity index (χ0v) is 12.6. The molecule has 1 unspecified atom stereocenters. The van der Waals surface area contributed by atoms with Gasteiger partial charge in [-0.2, -0.15) is 0 Å². The van der Waals surface area contributed by atoms with Crippen LogP contribution in [0, 0.1) is 0 Å². The third-order valence-electron chi connectivity index (χ3n) is 4.11. The summed E-state index contributed by atoms with van der Waals surface area (Å²) >= 11 is 0. The van der Waals surface area contributed by atoms with Gasteiger partial charge in [0.1, 0.15) is 0 Å². The van der Waals surface area contributed by atoms with E-state index in [0.29, 0.717) is 5.39 Å². The van der Waals surface area contributed by atoms with Gasteiger partial charge in [-0.15, -0.1) is 0 Å². The first-order valence-corrected chi connectivity index (χ1v) is 7.33. The van der Waals surface area contributed by atoms with Crippen molar-refractivity contribution >= 4 is 30.5 Å². The Bertz CT molecular complexity index is 859. The SMILES string of the molecule is OB(O)c1c(C(O)(B(O)O)c2cccnc2)ccc2ccccc12. The Morgan fingerprint density at radius 2 is 1.62 bits per heavy atom. The van der Waals surface area contributed by atoms with Crippen molar-refractivity contribution in [3.8, 4) is 0 Å². The van der Waals surface area contributed by atoms with Crippen LogP contribution >= 0.6 is 0 Å². The van der Waals surface area contributed by atoms with Crippen LogP contribution in [0.25, 0.3) is 10.8 Å². The summed E-state index contributed by atoms with van der Waals surface area (Å²) in [5, 5.41) is 51.7. The van der Waals surface area contributed by atoms with E-state index in [1.807, 2.05) is 0 Å². The second kappa shape index (κ2) is 6.35. The smallest absolute Gasteiger partial charge is 0.425 e. The van der Waals surface area contributed by atoms with Crippen molar-refractivity contribution in [2.45, 2.75) is 5.50 Å². The van der Waals surface area contributed by atoms with Crippen LogP contribution in [-0.2, 0) is 5.50 Å². The van der Waals surface area contributed by atoms with E-state index in [9.17, 15) is 25.2 Å². The van der Waals surface area contributed by atoms with E-state index in [2.05, 4.69) is 4.98 Å². The highest BCUT2D eigenvalue weighted by Crippen LogP contribution is 2.31. The average molecular weight is 323 g/mol. The van der Waals surface area contributed by atoms with Gasteiger partial charge in [0, 0.05) is 18.0 Å². The molecule has 0 spiro atoms. The van der Waals surface area contributed by atoms with E-state index >= 15 is 0 Å². The molecular formula is C16H15B2NO5. The first kappa shape index (κ1) is 16.6. The number of aromatic nitrogens is 1. The number of aliphatic hydroxyl groups is 1. The van der Waals surface area contributed by atoms with Crippen molar-refractivity contribution in [1.29, 1.82) is 0 Å². The fourth-order valence-electron chi connectivity index (χ4n) is 2.94. The van der Waals surface area contributed by atoms with Gasteiger partial charge in [0.25, 0.3) is 0 Å². The molecule has 1 heterocycles. The number of pyridine rings is 1. The van der Waals surface area contributed by atoms with E-state index in [1.54, 1.807) is 36.4 Å². The van der Waals surface area contributed by atoms with Crippen LogP contribution in [0.15, 0.2) is 60.9 Å². The molecule has 120 valence electrons. The second-order valence-corrected chi connectivity index (χ2v) is 5.50. The molecule has 0 aliphatic carbocycles. The van der Waals surface area contributed by atoms with Gasteiger partial charge in [-0.25, -0.2) is 0 Å². The summed E-state index contributed by atoms with van der Waals surface area (Å²) in [7, 11) is -4.10. The van der Waals surface area contributed by atoms with Gasteiger partial charge in [0.15, 0.2) is 5.50 Å². The summed E-state index contributed by atoms with van der Waals surface area (Å²) in [6, 6.07) is 13.1. The first-order chi connectivity index (χ1) is 11.5. The van der Waals surface area contributed by atoms with Crippen molar-refractivity contribution in [3.63, 3.8) is 0 Å². The Morgan fingerprint density at radius 1 is 0.875 bits per heavy atom. The summed E-state index contributed by atoms with van der Waals surface area (Å²) in [6.07, 6.45) is 2.78. The van der Waals surface area contributed by atoms with E-state index < -0.39 is 19.7 Å². The summed E-state index contributed by atoms with van der Waals surface area (Å²) in [5.41, 5.74) is -2.15. The van der Waals surface area contributed by atoms with Crippen LogP contribution in [0.1, 0.15) is 11.1 Å². The van der Waals surface area contributed by atoms with Crippen molar-refractivity contribution < 1.29 is 25.2 Å². The number of hydrogen-bond donors (Lipinski definition) is 5. The minimum Gasteiger partial charge on any atom is -0.425 e. The molecular weight excluding hydrogens is 308 g/mol. The zero-order chi connectivity index (χ0) is 17.3. The number of rotatable bonds is 4. The van der Waals surface area contributed by atoms with E-state index in [0.717, 1.165) is 5.39 Å². The second-order valence-electron chi connectivity index (χ2n) is 5.50. The van der Waals surface area contributed by atoms with Crippen molar-refractivity contribution in [2.75, 3.05) is 0 Å². The van der Waals surface area contributed by atoms with Gasteiger partial charge in [-0.3, -0.25) is 4.98 Å². The van der Waals surface area contributed by atoms with Crippen molar-refractivity contribution in [2.24, 2.45) is 0 Å². The van der Waals surface area contributed by atoms with E-state index in [1.165, 1.54) is 24.5 Å². The maximum Gasteiger partial charge on any atom is 0.495 e. The third-order valence-corrected chi connectivity index (χ3v) is 4.11. The Hall–Kier alpha value is -2.22. The highest BCUT2D eigenvalue weighted by Gasteiger charge is 2.46. The maximum absolute atomic E-state index is 11.1. The van der Waals surface area contributed by atoms with Gasteiger partial charge >= 0.3 is 14.2 Å². The van der Waals surface area contributed by atoms with Crippen molar-refractivity contribution in [3.05, 3.63) is 72.1 Å². The molecule has 0 amide bonds. The van der Waals surface area contributed by atoms with Crippen LogP contribution < -0.4 is 5.46 Å². The Labute approximate surface area is 139 Å². The Kier molecular flexibility index (Phi) is 4.40. The molecule has 0 radical (unpaired) electrons. The lowest BCUT2D eigenvalue weighted by atomic mass is 9.56. The average Bonchev–Trinajstić information content (AvgIpc) is 2.60. The standard InChI is InChI=1S/C16H15B2NO5/c20-16(18(23)24,12-5-3-9-19-10-12)14-8-7-11-4-1-2-6-13(11)15(14)17(21)22/h1-10,20-24H. The molecule has 6 nitrogen and oxygen atoms in total. The van der Waals surface area contributed by atoms with Crippen LogP contribution in [0.5, 0.6) is 0 Å². The van der Waals surface area contributed by atoms with Crippen LogP contribution in [0.4, 0.5) is 0 Å². The van der Waals surface area contributed by atoms with E-state index in [4.69, 9.17) is 0 Å². The lowest BCUT2D eigenvalue weighted by molar-refractivity contribution is 0.120. The normalized spacial score (nSPS) is 13.5. The molecule has 3 aromatic rings. The van der Waals surface area contributed by atoms with Crippen LogP contribution in [-0.4, -0.2) is 44.4 Å². The summed E-state index contributed by atoms with van der Waals surface area (Å²) < 4.78 is 0. The number of benzene rings is 2. The largest absolute Gasteiger partial charge is 0.495 e. The third kappa shape index (κ3) is 2.60. The van der Waals surface area contributed by atoms with Gasteiger partial charge in [0.05, 0.1) is 0 Å². The molecule has 0 fully saturated rings. The van der Waals surface area contributed by atoms with Gasteiger partial charge in [0.2, 0.25) is 0 Å². The minimum atomic E-state index is -2.27. The van der Waals surface area contributed by atoms with Crippen LogP contribution in [0.3, 0.4) is 0 Å². The molecule has 1 atom stereocenters. The van der Waals surface area contributed by atoms with Crippen LogP contribution in [0.2, 0.25) is 0 Å². The number of nitrogens with zero attached hydrogens (tertiary/aromatic N) is 1. The lowest BCUT2D eigenvalue weighted by Crippen LogP contribution is -2.50. The number of fused-ring (bicyclic) bond motifs is 1. The van der Waals surface area contributed by atoms with Gasteiger partial charge in [-0.05, 0) is 27.9 Å². The predicted octanol–water partition coefficient (Wildman–Crippen LogP) is -0.837. The first-order valence-electron chi connectivity index (χ1n) is 7.33. The maximum atomic E-state index is 11.1. The summed E-state index contributed by atoms with van der Waals surface area (Å²) in [5.74, 6) is 0. The highest BCUT2D eigenvalue weighted by atomic mass is 16.4. The molecule has 0 saturated heterocycles. The van der Waals surface area contributed by atoms with Gasteiger partial charge in [-0.1, -0.05) is 42.5 Å². The Balaban J connectivity index is 2.36. The molecule has 0 aliphatic heterocycles. The summed E-state index contributed by atoms with van der Waals surface area (Å²) in [4.78, 5) is 3.89. The fourth-order valence-corrected chi connectivity index (χ4v) is 2.94. The Morgan fingerprint density at radius 3 is 2.25 bits per heavy atom. The molecule has 24 heavy (non-hydrogen) atoms. The quantitative estimate of drug-likeness (QED) is 0.400. The van der Waals surface area contributed by atoms with Crippen molar-refractivity contribution in [1.82, 2.24) is 4.98 Å². The zero-order valence-electron chi connectivity index (χ0n) is 12.6. The minimum absolute atomic E-state index is 0.00699. The van der Waals surface area contributed by atoms with Gasteiger partial charge < -0.3 is 25.2 Å². The molecule has 3 rings (SSSR count). The topological polar surface area (TPSA) is 114 Å². The molecule has 0 saturated carbocycles. The molecule has 5 N–H and O–H groups in total. The van der Waals surface area contributed by atoms with E-state index in [-0.39, 0.29) is 16.6 Å². The molecule has 8 heteroatoms. The predicted molar refractivity (Wildman–Crippen MR) is 91.2 cm³/mol. The fraction of sp³-hybridized carbons (Fsp3) is 0.0625. The number of hydrogen-bond acceptors (Lipinski definition) is 6. The monoisotopic (exact) mass is 323 g/mol. The molecule has 0 aliphatic rings. The molecule has 1 aromatic heterocycles. The molecule has 0 bridgehead atoms. The highest BCUT2D eigenvalue weighted by molar-refractivity contribution is 6.63. The summed E-state index contributed by atoms with van der Waals surface area (Å²) in [6.45, 7) is 0.